The van der Waals surface area contributed by atoms with Crippen LogP contribution in [-0.4, -0.2) is 43.4 Å². The van der Waals surface area contributed by atoms with Gasteiger partial charge in [0.15, 0.2) is 5.15 Å². The minimum Gasteiger partial charge on any atom is -0.508 e. The molecule has 0 bridgehead atoms. The van der Waals surface area contributed by atoms with Crippen molar-refractivity contribution in [2.75, 3.05) is 5.32 Å². The van der Waals surface area contributed by atoms with Crippen molar-refractivity contribution in [2.24, 2.45) is 0 Å². The molecule has 0 fully saturated rings. The molecule has 0 saturated carbocycles. The number of hydrogen-bond acceptors (Lipinski definition) is 6. The van der Waals surface area contributed by atoms with Crippen LogP contribution in [0.4, 0.5) is 10.5 Å². The number of carbonyl (C=O) groups is 2. The molecule has 1 atom stereocenters. The lowest BCUT2D eigenvalue weighted by Crippen LogP contribution is -2.47. The third-order valence-corrected chi connectivity index (χ3v) is 6.25. The van der Waals surface area contributed by atoms with Crippen molar-refractivity contribution in [1.82, 2.24) is 14.9 Å². The number of carbonyl (C=O) groups excluding carboxylic acids is 2. The highest BCUT2D eigenvalue weighted by Crippen LogP contribution is 2.22. The van der Waals surface area contributed by atoms with Gasteiger partial charge in [-0.1, -0.05) is 49.2 Å². The molecule has 2 aromatic carbocycles. The third-order valence-electron chi connectivity index (χ3n) is 5.95. The Morgan fingerprint density at radius 3 is 2.31 bits per heavy atom. The molecule has 0 aliphatic carbocycles. The van der Waals surface area contributed by atoms with Crippen molar-refractivity contribution in [3.05, 3.63) is 76.3 Å². The first kappa shape index (κ1) is 30.0. The van der Waals surface area contributed by atoms with Gasteiger partial charge in [0.05, 0.1) is 12.3 Å². The molecule has 0 unspecified atom stereocenters. The van der Waals surface area contributed by atoms with Gasteiger partial charge in [-0.15, -0.1) is 0 Å². The number of aliphatic hydroxyl groups is 1. The van der Waals surface area contributed by atoms with Gasteiger partial charge in [-0.2, -0.15) is 0 Å². The molecular weight excluding hydrogens is 520 g/mol. The van der Waals surface area contributed by atoms with Crippen molar-refractivity contribution in [1.29, 1.82) is 0 Å². The predicted octanol–water partition coefficient (Wildman–Crippen LogP) is 5.20. The van der Waals surface area contributed by atoms with Crippen molar-refractivity contribution >= 4 is 29.3 Å². The summed E-state index contributed by atoms with van der Waals surface area (Å²) in [6.45, 7) is 7.62. The van der Waals surface area contributed by atoms with E-state index >= 15 is 0 Å². The fraction of sp³-hybridized carbons (Fsp3) is 0.414. The van der Waals surface area contributed by atoms with E-state index in [1.54, 1.807) is 45.0 Å². The van der Waals surface area contributed by atoms with Crippen molar-refractivity contribution in [3.8, 4) is 5.75 Å². The Hall–Kier alpha value is -3.56. The lowest BCUT2D eigenvalue weighted by molar-refractivity contribution is -0.118. The summed E-state index contributed by atoms with van der Waals surface area (Å²) in [5.41, 5.74) is 2.12. The summed E-state index contributed by atoms with van der Waals surface area (Å²) in [5, 5.41) is 25.2. The second-order valence-electron chi connectivity index (χ2n) is 10.4. The molecule has 3 rings (SSSR count). The zero-order valence-electron chi connectivity index (χ0n) is 22.8. The van der Waals surface area contributed by atoms with Crippen molar-refractivity contribution in [2.45, 2.75) is 78.2 Å². The molecule has 1 heterocycles. The standard InChI is InChI=1S/C29H37ClN4O5/c1-5-6-7-25-33-26(30)24(18-35)34(25)17-20-8-12-21(13-9-20)31-27(37)23(32-28(38)39-29(2,3)4)16-19-10-14-22(36)15-11-19/h8-15,23,35-36H,5-7,16-18H2,1-4H3,(H,31,37)(H,32,38)/t23-/m0/s1. The molecule has 39 heavy (non-hydrogen) atoms. The quantitative estimate of drug-likeness (QED) is 0.257. The van der Waals surface area contributed by atoms with Gasteiger partial charge in [-0.05, 0) is 62.6 Å². The number of halogens is 1. The molecule has 3 aromatic rings. The Kier molecular flexibility index (Phi) is 10.4. The second-order valence-corrected chi connectivity index (χ2v) is 10.7. The third kappa shape index (κ3) is 9.01. The number of nitrogens with one attached hydrogen (secondary N) is 2. The van der Waals surface area contributed by atoms with E-state index in [2.05, 4.69) is 22.5 Å². The predicted molar refractivity (Wildman–Crippen MR) is 151 cm³/mol. The number of amides is 2. The van der Waals surface area contributed by atoms with E-state index in [1.807, 2.05) is 16.7 Å². The van der Waals surface area contributed by atoms with Gasteiger partial charge in [0.2, 0.25) is 5.91 Å². The van der Waals surface area contributed by atoms with Crippen molar-refractivity contribution in [3.63, 3.8) is 0 Å². The Labute approximate surface area is 234 Å². The van der Waals surface area contributed by atoms with E-state index in [0.717, 1.165) is 36.2 Å². The molecule has 4 N–H and O–H groups in total. The summed E-state index contributed by atoms with van der Waals surface area (Å²) < 4.78 is 7.28. The average molecular weight is 557 g/mol. The molecule has 0 saturated heterocycles. The molecule has 0 aliphatic heterocycles. The van der Waals surface area contributed by atoms with Crippen LogP contribution in [0.1, 0.15) is 63.2 Å². The average Bonchev–Trinajstić information content (AvgIpc) is 3.17. The largest absolute Gasteiger partial charge is 0.508 e. The van der Waals surface area contributed by atoms with Crippen LogP contribution in [-0.2, 0) is 35.5 Å². The van der Waals surface area contributed by atoms with E-state index in [4.69, 9.17) is 16.3 Å². The minimum atomic E-state index is -0.912. The number of imidazole rings is 1. The number of unbranched alkanes of at least 4 members (excludes halogenated alkanes) is 1. The number of alkyl carbamates (subject to hydrolysis) is 1. The number of aromatic hydroxyl groups is 1. The monoisotopic (exact) mass is 556 g/mol. The van der Waals surface area contributed by atoms with Crippen LogP contribution >= 0.6 is 11.6 Å². The smallest absolute Gasteiger partial charge is 0.408 e. The number of aromatic nitrogens is 2. The minimum absolute atomic E-state index is 0.113. The number of phenolic OH excluding ortho intramolecular Hbond substituents is 1. The lowest BCUT2D eigenvalue weighted by Gasteiger charge is -2.23. The van der Waals surface area contributed by atoms with Crippen LogP contribution in [0.15, 0.2) is 48.5 Å². The Morgan fingerprint density at radius 2 is 1.72 bits per heavy atom. The number of nitrogens with zero attached hydrogens (tertiary/aromatic N) is 2. The van der Waals surface area contributed by atoms with E-state index in [1.165, 1.54) is 12.1 Å². The van der Waals surface area contributed by atoms with E-state index < -0.39 is 23.6 Å². The maximum absolute atomic E-state index is 13.2. The maximum Gasteiger partial charge on any atom is 0.408 e. The molecule has 210 valence electrons. The number of benzene rings is 2. The summed E-state index contributed by atoms with van der Waals surface area (Å²) in [7, 11) is 0. The van der Waals surface area contributed by atoms with Crippen LogP contribution in [0, 0.1) is 0 Å². The van der Waals surface area contributed by atoms with Crippen LogP contribution in [0.3, 0.4) is 0 Å². The van der Waals surface area contributed by atoms with Gasteiger partial charge >= 0.3 is 6.09 Å². The fourth-order valence-corrected chi connectivity index (χ4v) is 4.26. The summed E-state index contributed by atoms with van der Waals surface area (Å²) in [5.74, 6) is 0.530. The van der Waals surface area contributed by atoms with Crippen LogP contribution in [0.25, 0.3) is 0 Å². The highest BCUT2D eigenvalue weighted by Gasteiger charge is 2.25. The fourth-order valence-electron chi connectivity index (χ4n) is 4.00. The Bertz CT molecular complexity index is 1250. The van der Waals surface area contributed by atoms with Crippen LogP contribution in [0.2, 0.25) is 5.15 Å². The molecule has 0 radical (unpaired) electrons. The first-order chi connectivity index (χ1) is 18.5. The van der Waals surface area contributed by atoms with Gasteiger partial charge in [0.1, 0.15) is 23.2 Å². The highest BCUT2D eigenvalue weighted by molar-refractivity contribution is 6.30. The molecule has 9 nitrogen and oxygen atoms in total. The summed E-state index contributed by atoms with van der Waals surface area (Å²) in [6, 6.07) is 12.8. The number of hydrogen-bond donors (Lipinski definition) is 4. The Balaban J connectivity index is 1.73. The van der Waals surface area contributed by atoms with Crippen LogP contribution < -0.4 is 10.6 Å². The van der Waals surface area contributed by atoms with Gasteiger partial charge in [-0.3, -0.25) is 4.79 Å². The number of rotatable bonds is 11. The molecule has 10 heteroatoms. The highest BCUT2D eigenvalue weighted by atomic mass is 35.5. The topological polar surface area (TPSA) is 126 Å². The van der Waals surface area contributed by atoms with Gasteiger partial charge in [0, 0.05) is 25.1 Å². The number of anilines is 1. The summed E-state index contributed by atoms with van der Waals surface area (Å²) in [6.07, 6.45) is 2.25. The SMILES string of the molecule is CCCCc1nc(Cl)c(CO)n1Cc1ccc(NC(=O)[C@H](Cc2ccc(O)cc2)NC(=O)OC(C)(C)C)cc1. The van der Waals surface area contributed by atoms with Crippen LogP contribution in [0.5, 0.6) is 5.75 Å². The normalized spacial score (nSPS) is 12.2. The zero-order valence-corrected chi connectivity index (χ0v) is 23.6. The molecule has 0 aliphatic rings. The van der Waals surface area contributed by atoms with E-state index in [-0.39, 0.29) is 18.8 Å². The molecular formula is C29H37ClN4O5. The second kappa shape index (κ2) is 13.5. The first-order valence-corrected chi connectivity index (χ1v) is 13.4. The lowest BCUT2D eigenvalue weighted by atomic mass is 10.0. The van der Waals surface area contributed by atoms with Gasteiger partial charge in [0.25, 0.3) is 0 Å². The van der Waals surface area contributed by atoms with Crippen molar-refractivity contribution < 1.29 is 24.5 Å². The Morgan fingerprint density at radius 1 is 1.08 bits per heavy atom. The summed E-state index contributed by atoms with van der Waals surface area (Å²) in [4.78, 5) is 30.1. The molecule has 2 amide bonds. The number of aliphatic hydroxyl groups excluding tert-OH is 1. The maximum atomic E-state index is 13.2. The molecule has 1 aromatic heterocycles. The molecule has 0 spiro atoms. The van der Waals surface area contributed by atoms with E-state index in [9.17, 15) is 19.8 Å². The summed E-state index contributed by atoms with van der Waals surface area (Å²) >= 11 is 6.25. The van der Waals surface area contributed by atoms with E-state index in [0.29, 0.717) is 23.1 Å². The van der Waals surface area contributed by atoms with Gasteiger partial charge < -0.3 is 30.2 Å². The zero-order chi connectivity index (χ0) is 28.6. The number of phenols is 1. The first-order valence-electron chi connectivity index (χ1n) is 13.0. The number of ether oxygens (including phenoxy) is 1. The number of aryl methyl sites for hydroxylation is 1. The van der Waals surface area contributed by atoms with Gasteiger partial charge in [-0.25, -0.2) is 9.78 Å².